The molecule has 0 amide bonds. The highest BCUT2D eigenvalue weighted by atomic mass is 16.5. The normalized spacial score (nSPS) is 12.4. The molecule has 1 heterocycles. The molecule has 0 spiro atoms. The van der Waals surface area contributed by atoms with Gasteiger partial charge in [-0.05, 0) is 12.3 Å². The second-order valence-electron chi connectivity index (χ2n) is 3.33. The van der Waals surface area contributed by atoms with E-state index in [1.807, 2.05) is 6.92 Å². The number of aliphatic hydroxyl groups excluding tert-OH is 1. The first kappa shape index (κ1) is 11.7. The number of hydrogen-bond acceptors (Lipinski definition) is 4. The van der Waals surface area contributed by atoms with Gasteiger partial charge in [-0.1, -0.05) is 13.3 Å². The van der Waals surface area contributed by atoms with Crippen LogP contribution >= 0.6 is 0 Å². The van der Waals surface area contributed by atoms with E-state index in [1.165, 1.54) is 23.3 Å². The SMILES string of the molecule is CCC(CO)CCOC(=O)n1ccnc1. The van der Waals surface area contributed by atoms with E-state index in [1.54, 1.807) is 0 Å². The number of imidazole rings is 1. The van der Waals surface area contributed by atoms with E-state index >= 15 is 0 Å². The third kappa shape index (κ3) is 3.71. The minimum atomic E-state index is -0.430. The molecule has 0 saturated carbocycles. The van der Waals surface area contributed by atoms with Crippen molar-refractivity contribution in [1.29, 1.82) is 0 Å². The third-order valence-corrected chi connectivity index (χ3v) is 2.30. The van der Waals surface area contributed by atoms with Crippen LogP contribution in [0.25, 0.3) is 0 Å². The van der Waals surface area contributed by atoms with Gasteiger partial charge in [0.05, 0.1) is 6.61 Å². The number of aromatic nitrogens is 2. The van der Waals surface area contributed by atoms with Crippen LogP contribution in [0.2, 0.25) is 0 Å². The number of rotatable bonds is 5. The maximum atomic E-state index is 11.3. The molecule has 1 rings (SSSR count). The number of ether oxygens (including phenoxy) is 1. The molecule has 15 heavy (non-hydrogen) atoms. The lowest BCUT2D eigenvalue weighted by atomic mass is 10.1. The minimum Gasteiger partial charge on any atom is -0.449 e. The second kappa shape index (κ2) is 6.19. The Morgan fingerprint density at radius 3 is 3.00 bits per heavy atom. The number of nitrogens with zero attached hydrogens (tertiary/aromatic N) is 2. The first-order valence-corrected chi connectivity index (χ1v) is 5.03. The molecule has 1 aromatic rings. The largest absolute Gasteiger partial charge is 0.449 e. The van der Waals surface area contributed by atoms with Gasteiger partial charge in [0.1, 0.15) is 6.33 Å². The first-order valence-electron chi connectivity index (χ1n) is 5.03. The summed E-state index contributed by atoms with van der Waals surface area (Å²) in [6.07, 6.45) is 5.59. The molecular weight excluding hydrogens is 196 g/mol. The number of carbonyl (C=O) groups is 1. The van der Waals surface area contributed by atoms with Crippen molar-refractivity contribution in [2.45, 2.75) is 19.8 Å². The Kier molecular flexibility index (Phi) is 4.83. The Morgan fingerprint density at radius 1 is 1.67 bits per heavy atom. The molecule has 1 aromatic heterocycles. The summed E-state index contributed by atoms with van der Waals surface area (Å²) in [5.74, 6) is 0.209. The fourth-order valence-corrected chi connectivity index (χ4v) is 1.18. The van der Waals surface area contributed by atoms with Gasteiger partial charge < -0.3 is 9.84 Å². The zero-order valence-electron chi connectivity index (χ0n) is 8.80. The average Bonchev–Trinajstić information content (AvgIpc) is 2.77. The Labute approximate surface area is 88.7 Å². The molecule has 1 unspecified atom stereocenters. The van der Waals surface area contributed by atoms with E-state index in [-0.39, 0.29) is 12.5 Å². The Morgan fingerprint density at radius 2 is 2.47 bits per heavy atom. The van der Waals surface area contributed by atoms with Crippen molar-refractivity contribution in [1.82, 2.24) is 9.55 Å². The molecule has 1 N–H and O–H groups in total. The summed E-state index contributed by atoms with van der Waals surface area (Å²) < 4.78 is 6.27. The van der Waals surface area contributed by atoms with Gasteiger partial charge in [0.15, 0.2) is 0 Å². The third-order valence-electron chi connectivity index (χ3n) is 2.30. The topological polar surface area (TPSA) is 64.3 Å². The van der Waals surface area contributed by atoms with Crippen molar-refractivity contribution in [3.63, 3.8) is 0 Å². The lowest BCUT2D eigenvalue weighted by molar-refractivity contribution is 0.128. The van der Waals surface area contributed by atoms with E-state index in [2.05, 4.69) is 4.98 Å². The maximum absolute atomic E-state index is 11.3. The highest BCUT2D eigenvalue weighted by Gasteiger charge is 2.08. The van der Waals surface area contributed by atoms with Crippen LogP contribution in [0.3, 0.4) is 0 Å². The van der Waals surface area contributed by atoms with Crippen molar-refractivity contribution >= 4 is 6.09 Å². The van der Waals surface area contributed by atoms with Crippen molar-refractivity contribution < 1.29 is 14.6 Å². The van der Waals surface area contributed by atoms with Gasteiger partial charge in [-0.25, -0.2) is 14.3 Å². The van der Waals surface area contributed by atoms with Crippen molar-refractivity contribution in [3.05, 3.63) is 18.7 Å². The lowest BCUT2D eigenvalue weighted by Crippen LogP contribution is -2.15. The van der Waals surface area contributed by atoms with Gasteiger partial charge in [0.25, 0.3) is 0 Å². The fourth-order valence-electron chi connectivity index (χ4n) is 1.18. The van der Waals surface area contributed by atoms with Crippen molar-refractivity contribution in [3.8, 4) is 0 Å². The summed E-state index contributed by atoms with van der Waals surface area (Å²) >= 11 is 0. The van der Waals surface area contributed by atoms with Crippen molar-refractivity contribution in [2.24, 2.45) is 5.92 Å². The molecule has 0 radical (unpaired) electrons. The van der Waals surface area contributed by atoms with E-state index in [9.17, 15) is 4.79 Å². The monoisotopic (exact) mass is 212 g/mol. The molecule has 0 aliphatic heterocycles. The van der Waals surface area contributed by atoms with Crippen LogP contribution in [0.1, 0.15) is 19.8 Å². The molecular formula is C10H16N2O3. The fraction of sp³-hybridized carbons (Fsp3) is 0.600. The van der Waals surface area contributed by atoms with Crippen LogP contribution in [0.5, 0.6) is 0 Å². The van der Waals surface area contributed by atoms with Gasteiger partial charge in [0, 0.05) is 19.0 Å². The maximum Gasteiger partial charge on any atom is 0.419 e. The van der Waals surface area contributed by atoms with Gasteiger partial charge >= 0.3 is 6.09 Å². The Bertz CT molecular complexity index is 281. The van der Waals surface area contributed by atoms with Crippen LogP contribution in [-0.2, 0) is 4.74 Å². The molecule has 0 saturated heterocycles. The van der Waals surface area contributed by atoms with E-state index in [0.29, 0.717) is 13.0 Å². The van der Waals surface area contributed by atoms with Crippen LogP contribution in [0.15, 0.2) is 18.7 Å². The Balaban J connectivity index is 2.23. The van der Waals surface area contributed by atoms with E-state index < -0.39 is 6.09 Å². The molecule has 5 heteroatoms. The highest BCUT2D eigenvalue weighted by Crippen LogP contribution is 2.06. The predicted octanol–water partition coefficient (Wildman–Crippen LogP) is 1.28. The van der Waals surface area contributed by atoms with Gasteiger partial charge in [-0.15, -0.1) is 0 Å². The molecule has 0 aliphatic carbocycles. The predicted molar refractivity (Wildman–Crippen MR) is 54.5 cm³/mol. The standard InChI is InChI=1S/C10H16N2O3/c1-2-9(7-13)3-6-15-10(14)12-5-4-11-8-12/h4-5,8-9,13H,2-3,6-7H2,1H3. The molecule has 0 bridgehead atoms. The number of aliphatic hydroxyl groups is 1. The lowest BCUT2D eigenvalue weighted by Gasteiger charge is -2.11. The molecule has 0 aliphatic rings. The van der Waals surface area contributed by atoms with Crippen LogP contribution in [-0.4, -0.2) is 34.0 Å². The summed E-state index contributed by atoms with van der Waals surface area (Å²) in [6, 6.07) is 0. The molecule has 0 fully saturated rings. The summed E-state index contributed by atoms with van der Waals surface area (Å²) in [4.78, 5) is 15.0. The van der Waals surface area contributed by atoms with Gasteiger partial charge in [0.2, 0.25) is 0 Å². The number of carbonyl (C=O) groups excluding carboxylic acids is 1. The molecule has 1 atom stereocenters. The van der Waals surface area contributed by atoms with Crippen LogP contribution in [0, 0.1) is 5.92 Å². The second-order valence-corrected chi connectivity index (χ2v) is 3.33. The summed E-state index contributed by atoms with van der Waals surface area (Å²) in [5.41, 5.74) is 0. The zero-order valence-corrected chi connectivity index (χ0v) is 8.80. The highest BCUT2D eigenvalue weighted by molar-refractivity contribution is 5.69. The smallest absolute Gasteiger partial charge is 0.419 e. The van der Waals surface area contributed by atoms with Crippen molar-refractivity contribution in [2.75, 3.05) is 13.2 Å². The summed E-state index contributed by atoms with van der Waals surface area (Å²) in [6.45, 7) is 2.47. The molecule has 84 valence electrons. The molecule has 0 aromatic carbocycles. The summed E-state index contributed by atoms with van der Waals surface area (Å²) in [5, 5.41) is 8.92. The summed E-state index contributed by atoms with van der Waals surface area (Å²) in [7, 11) is 0. The van der Waals surface area contributed by atoms with Gasteiger partial charge in [-0.2, -0.15) is 0 Å². The van der Waals surface area contributed by atoms with E-state index in [4.69, 9.17) is 9.84 Å². The first-order chi connectivity index (χ1) is 7.27. The molecule has 5 nitrogen and oxygen atoms in total. The zero-order chi connectivity index (χ0) is 11.1. The Hall–Kier alpha value is -1.36. The van der Waals surface area contributed by atoms with Crippen LogP contribution in [0.4, 0.5) is 4.79 Å². The van der Waals surface area contributed by atoms with Crippen LogP contribution < -0.4 is 0 Å². The number of hydrogen-bond donors (Lipinski definition) is 1. The van der Waals surface area contributed by atoms with E-state index in [0.717, 1.165) is 6.42 Å². The average molecular weight is 212 g/mol. The van der Waals surface area contributed by atoms with Gasteiger partial charge in [-0.3, -0.25) is 0 Å². The minimum absolute atomic E-state index is 0.138. The quantitative estimate of drug-likeness (QED) is 0.798.